The Bertz CT molecular complexity index is 1320. The molecule has 162 valence electrons. The highest BCUT2D eigenvalue weighted by Crippen LogP contribution is 2.44. The molecule has 0 unspecified atom stereocenters. The Kier molecular flexibility index (Phi) is 5.10. The van der Waals surface area contributed by atoms with Crippen molar-refractivity contribution in [3.8, 4) is 17.1 Å². The number of rotatable bonds is 5. The highest BCUT2D eigenvalue weighted by molar-refractivity contribution is 7.17. The van der Waals surface area contributed by atoms with Crippen LogP contribution < -0.4 is 10.1 Å². The minimum absolute atomic E-state index is 0.112. The number of nitro groups is 1. The van der Waals surface area contributed by atoms with Gasteiger partial charge in [0.2, 0.25) is 0 Å². The van der Waals surface area contributed by atoms with Gasteiger partial charge in [-0.3, -0.25) is 14.9 Å². The van der Waals surface area contributed by atoms with E-state index in [1.165, 1.54) is 35.7 Å². The maximum Gasteiger partial charge on any atom is 0.311 e. The quantitative estimate of drug-likeness (QED) is 0.316. The van der Waals surface area contributed by atoms with Gasteiger partial charge in [0.05, 0.1) is 28.6 Å². The third-order valence-corrected chi connectivity index (χ3v) is 6.87. The average Bonchev–Trinajstić information content (AvgIpc) is 3.38. The Hall–Kier alpha value is -3.72. The standard InChI is InChI=1S/C23H20N4O4S/c1-31-18-11-10-13(12-17(18)27(29)30)22(28)26-23-20(14-6-2-5-9-19(14)32-23)21-24-15-7-3-4-8-16(15)25-21/h3-4,7-8,10-12H,2,5-6,9H2,1H3,(H,24,25)(H,26,28). The van der Waals surface area contributed by atoms with Gasteiger partial charge in [0.1, 0.15) is 10.8 Å². The molecule has 0 aliphatic heterocycles. The molecule has 1 amide bonds. The summed E-state index contributed by atoms with van der Waals surface area (Å²) >= 11 is 1.56. The number of imidazole rings is 1. The lowest BCUT2D eigenvalue weighted by molar-refractivity contribution is -0.385. The van der Waals surface area contributed by atoms with Crippen LogP contribution in [-0.4, -0.2) is 27.9 Å². The summed E-state index contributed by atoms with van der Waals surface area (Å²) < 4.78 is 5.04. The van der Waals surface area contributed by atoms with Crippen LogP contribution in [0.2, 0.25) is 0 Å². The first-order valence-corrected chi connectivity index (χ1v) is 11.1. The molecule has 5 rings (SSSR count). The molecule has 0 radical (unpaired) electrons. The number of benzene rings is 2. The van der Waals surface area contributed by atoms with Crippen molar-refractivity contribution in [3.05, 3.63) is 68.6 Å². The van der Waals surface area contributed by atoms with Crippen molar-refractivity contribution in [2.75, 3.05) is 12.4 Å². The number of nitrogens with one attached hydrogen (secondary N) is 2. The Morgan fingerprint density at radius 1 is 1.22 bits per heavy atom. The Morgan fingerprint density at radius 2 is 2.03 bits per heavy atom. The van der Waals surface area contributed by atoms with Crippen LogP contribution in [0.25, 0.3) is 22.4 Å². The molecule has 0 saturated heterocycles. The molecule has 0 saturated carbocycles. The van der Waals surface area contributed by atoms with E-state index in [9.17, 15) is 14.9 Å². The zero-order chi connectivity index (χ0) is 22.2. The van der Waals surface area contributed by atoms with Crippen molar-refractivity contribution in [2.24, 2.45) is 0 Å². The fourth-order valence-corrected chi connectivity index (χ4v) is 5.41. The minimum atomic E-state index is -0.556. The number of thiophene rings is 1. The highest BCUT2D eigenvalue weighted by Gasteiger charge is 2.26. The molecular weight excluding hydrogens is 428 g/mol. The van der Waals surface area contributed by atoms with Crippen LogP contribution >= 0.6 is 11.3 Å². The molecule has 8 nitrogen and oxygen atoms in total. The molecule has 0 bridgehead atoms. The van der Waals surface area contributed by atoms with Crippen LogP contribution in [0.15, 0.2) is 42.5 Å². The minimum Gasteiger partial charge on any atom is -0.490 e. The number of nitro benzene ring substituents is 1. The predicted octanol–water partition coefficient (Wildman–Crippen LogP) is 5.34. The van der Waals surface area contributed by atoms with Crippen LogP contribution in [0.4, 0.5) is 10.7 Å². The molecule has 0 fully saturated rings. The second kappa shape index (κ2) is 8.08. The van der Waals surface area contributed by atoms with Gasteiger partial charge in [-0.15, -0.1) is 11.3 Å². The zero-order valence-corrected chi connectivity index (χ0v) is 18.1. The van der Waals surface area contributed by atoms with E-state index >= 15 is 0 Å². The smallest absolute Gasteiger partial charge is 0.311 e. The van der Waals surface area contributed by atoms with Gasteiger partial charge in [-0.1, -0.05) is 12.1 Å². The second-order valence-corrected chi connectivity index (χ2v) is 8.72. The number of H-pyrrole nitrogens is 1. The van der Waals surface area contributed by atoms with Crippen molar-refractivity contribution in [2.45, 2.75) is 25.7 Å². The summed E-state index contributed by atoms with van der Waals surface area (Å²) in [4.78, 5) is 33.2. The summed E-state index contributed by atoms with van der Waals surface area (Å²) in [7, 11) is 1.36. The van der Waals surface area contributed by atoms with Gasteiger partial charge in [-0.05, 0) is 55.5 Å². The molecule has 4 aromatic rings. The number of nitrogens with zero attached hydrogens (tertiary/aromatic N) is 2. The lowest BCUT2D eigenvalue weighted by Crippen LogP contribution is -2.12. The lowest BCUT2D eigenvalue weighted by Gasteiger charge is -2.12. The molecule has 1 aliphatic carbocycles. The van der Waals surface area contributed by atoms with Crippen LogP contribution in [-0.2, 0) is 12.8 Å². The summed E-state index contributed by atoms with van der Waals surface area (Å²) in [6.07, 6.45) is 4.11. The number of fused-ring (bicyclic) bond motifs is 2. The topological polar surface area (TPSA) is 110 Å². The van der Waals surface area contributed by atoms with E-state index in [1.807, 2.05) is 24.3 Å². The number of ether oxygens (including phenoxy) is 1. The number of para-hydroxylation sites is 2. The van der Waals surface area contributed by atoms with Gasteiger partial charge < -0.3 is 15.0 Å². The van der Waals surface area contributed by atoms with E-state index in [0.717, 1.165) is 48.1 Å². The molecule has 2 aromatic carbocycles. The largest absolute Gasteiger partial charge is 0.490 e. The average molecular weight is 449 g/mol. The Balaban J connectivity index is 1.55. The van der Waals surface area contributed by atoms with Gasteiger partial charge >= 0.3 is 5.69 Å². The van der Waals surface area contributed by atoms with Gasteiger partial charge in [0.25, 0.3) is 5.91 Å². The predicted molar refractivity (Wildman–Crippen MR) is 124 cm³/mol. The molecule has 9 heteroatoms. The molecule has 2 N–H and O–H groups in total. The number of methoxy groups -OCH3 is 1. The monoisotopic (exact) mass is 448 g/mol. The molecule has 2 heterocycles. The molecule has 1 aliphatic rings. The van der Waals surface area contributed by atoms with E-state index in [4.69, 9.17) is 9.72 Å². The first kappa shape index (κ1) is 20.2. The van der Waals surface area contributed by atoms with Crippen LogP contribution in [0.1, 0.15) is 33.6 Å². The SMILES string of the molecule is COc1ccc(C(=O)Nc2sc3c(c2-c2nc4ccccc4[nH]2)CCCC3)cc1[N+](=O)[O-]. The summed E-state index contributed by atoms with van der Waals surface area (Å²) in [5.41, 5.74) is 3.87. The van der Waals surface area contributed by atoms with Gasteiger partial charge in [0.15, 0.2) is 5.75 Å². The molecule has 0 spiro atoms. The molecule has 32 heavy (non-hydrogen) atoms. The fraction of sp³-hybridized carbons (Fsp3) is 0.217. The number of aryl methyl sites for hydroxylation is 1. The first-order chi connectivity index (χ1) is 15.5. The van der Waals surface area contributed by atoms with Crippen LogP contribution in [0, 0.1) is 10.1 Å². The Labute approximate surface area is 187 Å². The number of hydrogen-bond donors (Lipinski definition) is 2. The van der Waals surface area contributed by atoms with Crippen molar-refractivity contribution in [1.82, 2.24) is 9.97 Å². The summed E-state index contributed by atoms with van der Waals surface area (Å²) in [6.45, 7) is 0. The Morgan fingerprint density at radius 3 is 2.81 bits per heavy atom. The second-order valence-electron chi connectivity index (χ2n) is 7.62. The number of carbonyl (C=O) groups is 1. The van der Waals surface area contributed by atoms with Crippen molar-refractivity contribution < 1.29 is 14.5 Å². The van der Waals surface area contributed by atoms with Crippen LogP contribution in [0.3, 0.4) is 0 Å². The zero-order valence-electron chi connectivity index (χ0n) is 17.3. The normalized spacial score (nSPS) is 13.0. The van der Waals surface area contributed by atoms with Gasteiger partial charge in [-0.2, -0.15) is 0 Å². The highest BCUT2D eigenvalue weighted by atomic mass is 32.1. The third-order valence-electron chi connectivity index (χ3n) is 5.66. The lowest BCUT2D eigenvalue weighted by atomic mass is 9.95. The van der Waals surface area contributed by atoms with E-state index in [0.29, 0.717) is 5.00 Å². The summed E-state index contributed by atoms with van der Waals surface area (Å²) in [5.74, 6) is 0.425. The summed E-state index contributed by atoms with van der Waals surface area (Å²) in [6, 6.07) is 12.0. The number of amides is 1. The fourth-order valence-electron chi connectivity index (χ4n) is 4.12. The number of aromatic nitrogens is 2. The van der Waals surface area contributed by atoms with Crippen molar-refractivity contribution in [1.29, 1.82) is 0 Å². The van der Waals surface area contributed by atoms with Gasteiger partial charge in [0, 0.05) is 16.5 Å². The third kappa shape index (κ3) is 3.50. The number of aromatic amines is 1. The van der Waals surface area contributed by atoms with E-state index < -0.39 is 10.8 Å². The van der Waals surface area contributed by atoms with E-state index in [-0.39, 0.29) is 17.0 Å². The molecule has 2 aromatic heterocycles. The first-order valence-electron chi connectivity index (χ1n) is 10.3. The maximum atomic E-state index is 13.1. The summed E-state index contributed by atoms with van der Waals surface area (Å²) in [5, 5.41) is 15.0. The van der Waals surface area contributed by atoms with Crippen molar-refractivity contribution >= 4 is 39.0 Å². The van der Waals surface area contributed by atoms with Crippen molar-refractivity contribution in [3.63, 3.8) is 0 Å². The molecule has 0 atom stereocenters. The van der Waals surface area contributed by atoms with Crippen LogP contribution in [0.5, 0.6) is 5.75 Å². The van der Waals surface area contributed by atoms with E-state index in [1.54, 1.807) is 11.3 Å². The number of anilines is 1. The van der Waals surface area contributed by atoms with Gasteiger partial charge in [-0.25, -0.2) is 4.98 Å². The maximum absolute atomic E-state index is 13.1. The number of carbonyl (C=O) groups excluding carboxylic acids is 1. The van der Waals surface area contributed by atoms with E-state index in [2.05, 4.69) is 10.3 Å². The molecular formula is C23H20N4O4S. The number of hydrogen-bond acceptors (Lipinski definition) is 6.